The molecule has 0 spiro atoms. The molecule has 0 bridgehead atoms. The molecule has 1 aromatic carbocycles. The van der Waals surface area contributed by atoms with Crippen molar-refractivity contribution in [3.8, 4) is 5.75 Å². The van der Waals surface area contributed by atoms with Crippen molar-refractivity contribution in [2.24, 2.45) is 11.3 Å². The fraction of sp³-hybridized carbons (Fsp3) is 0.684. The van der Waals surface area contributed by atoms with Crippen molar-refractivity contribution in [2.45, 2.75) is 58.9 Å². The molecule has 1 aromatic rings. The Bertz CT molecular complexity index is 517. The lowest BCUT2D eigenvalue weighted by atomic mass is 9.71. The molecule has 21 heavy (non-hydrogen) atoms. The molecular weight excluding hydrogens is 258 g/mol. The third kappa shape index (κ3) is 2.96. The average molecular weight is 287 g/mol. The Morgan fingerprint density at radius 2 is 2.05 bits per heavy atom. The number of nitrogens with zero attached hydrogens (tertiary/aromatic N) is 1. The van der Waals surface area contributed by atoms with E-state index in [-0.39, 0.29) is 0 Å². The van der Waals surface area contributed by atoms with Crippen LogP contribution in [0.4, 0.5) is 0 Å². The first-order valence-corrected chi connectivity index (χ1v) is 8.40. The summed E-state index contributed by atoms with van der Waals surface area (Å²) in [5.41, 5.74) is 2.97. The highest BCUT2D eigenvalue weighted by Gasteiger charge is 2.40. The van der Waals surface area contributed by atoms with E-state index < -0.39 is 0 Å². The Morgan fingerprint density at radius 3 is 2.76 bits per heavy atom. The number of hydrogen-bond acceptors (Lipinski definition) is 2. The van der Waals surface area contributed by atoms with Crippen LogP contribution < -0.4 is 0 Å². The van der Waals surface area contributed by atoms with Gasteiger partial charge in [0, 0.05) is 25.0 Å². The minimum Gasteiger partial charge on any atom is -0.508 e. The van der Waals surface area contributed by atoms with E-state index in [0.29, 0.717) is 23.1 Å². The van der Waals surface area contributed by atoms with Crippen LogP contribution >= 0.6 is 0 Å². The maximum absolute atomic E-state index is 10.2. The fourth-order valence-electron chi connectivity index (χ4n) is 4.47. The van der Waals surface area contributed by atoms with Gasteiger partial charge in [-0.3, -0.25) is 4.90 Å². The highest BCUT2D eigenvalue weighted by atomic mass is 16.3. The molecule has 0 aromatic heterocycles. The van der Waals surface area contributed by atoms with Gasteiger partial charge < -0.3 is 5.11 Å². The Kier molecular flexibility index (Phi) is 3.77. The summed E-state index contributed by atoms with van der Waals surface area (Å²) in [6, 6.07) is 6.77. The highest BCUT2D eigenvalue weighted by molar-refractivity contribution is 5.44. The van der Waals surface area contributed by atoms with Gasteiger partial charge >= 0.3 is 0 Å². The Morgan fingerprint density at radius 1 is 1.29 bits per heavy atom. The second-order valence-corrected chi connectivity index (χ2v) is 8.39. The number of benzene rings is 1. The van der Waals surface area contributed by atoms with E-state index in [2.05, 4.69) is 38.7 Å². The average Bonchev–Trinajstić information content (AvgIpc) is 2.37. The predicted octanol–water partition coefficient (Wildman–Crippen LogP) is 4.18. The van der Waals surface area contributed by atoms with Crippen molar-refractivity contribution in [3.63, 3.8) is 0 Å². The number of hydrogen-bond donors (Lipinski definition) is 1. The Balaban J connectivity index is 1.92. The number of piperidine rings is 1. The summed E-state index contributed by atoms with van der Waals surface area (Å²) in [4.78, 5) is 2.73. The van der Waals surface area contributed by atoms with Gasteiger partial charge in [0.2, 0.25) is 0 Å². The van der Waals surface area contributed by atoms with Gasteiger partial charge in [-0.05, 0) is 47.8 Å². The molecule has 3 atom stereocenters. The van der Waals surface area contributed by atoms with Crippen LogP contribution in [0.5, 0.6) is 5.75 Å². The molecule has 1 heterocycles. The van der Waals surface area contributed by atoms with Gasteiger partial charge in [-0.15, -0.1) is 0 Å². The van der Waals surface area contributed by atoms with Gasteiger partial charge in [0.1, 0.15) is 5.75 Å². The van der Waals surface area contributed by atoms with Crippen LogP contribution in [0.15, 0.2) is 18.2 Å². The van der Waals surface area contributed by atoms with Crippen LogP contribution in [0.25, 0.3) is 0 Å². The molecule has 3 rings (SSSR count). The molecule has 2 heteroatoms. The first kappa shape index (κ1) is 14.9. The normalized spacial score (nSPS) is 29.8. The SMILES string of the molecule is CC1CC2c3cccc(O)c3CCC2N(CC(C)(C)C)C1. The molecule has 0 saturated carbocycles. The number of phenols is 1. The molecular formula is C19H29NO. The third-order valence-corrected chi connectivity index (χ3v) is 5.09. The second-order valence-electron chi connectivity index (χ2n) is 8.39. The maximum Gasteiger partial charge on any atom is 0.119 e. The minimum atomic E-state index is 0.348. The zero-order valence-electron chi connectivity index (χ0n) is 13.9. The van der Waals surface area contributed by atoms with Gasteiger partial charge in [-0.1, -0.05) is 39.8 Å². The number of rotatable bonds is 1. The van der Waals surface area contributed by atoms with Crippen LogP contribution in [-0.4, -0.2) is 29.1 Å². The van der Waals surface area contributed by atoms with E-state index in [1.165, 1.54) is 37.1 Å². The molecule has 1 aliphatic heterocycles. The lowest BCUT2D eigenvalue weighted by molar-refractivity contribution is 0.0513. The van der Waals surface area contributed by atoms with Crippen molar-refractivity contribution in [1.29, 1.82) is 0 Å². The zero-order chi connectivity index (χ0) is 15.2. The quantitative estimate of drug-likeness (QED) is 0.837. The monoisotopic (exact) mass is 287 g/mol. The van der Waals surface area contributed by atoms with Crippen molar-refractivity contribution in [1.82, 2.24) is 4.90 Å². The predicted molar refractivity (Wildman–Crippen MR) is 87.8 cm³/mol. The number of aromatic hydroxyl groups is 1. The lowest BCUT2D eigenvalue weighted by Crippen LogP contribution is -2.51. The van der Waals surface area contributed by atoms with E-state index in [4.69, 9.17) is 0 Å². The van der Waals surface area contributed by atoms with Crippen LogP contribution in [0, 0.1) is 11.3 Å². The fourth-order valence-corrected chi connectivity index (χ4v) is 4.47. The van der Waals surface area contributed by atoms with E-state index in [1.807, 2.05) is 12.1 Å². The minimum absolute atomic E-state index is 0.348. The summed E-state index contributed by atoms with van der Waals surface area (Å²) in [5, 5.41) is 10.2. The highest BCUT2D eigenvalue weighted by Crippen LogP contribution is 2.45. The van der Waals surface area contributed by atoms with Crippen LogP contribution in [0.2, 0.25) is 0 Å². The van der Waals surface area contributed by atoms with E-state index in [9.17, 15) is 5.11 Å². The number of likely N-dealkylation sites (tertiary alicyclic amines) is 1. The molecule has 2 nitrogen and oxygen atoms in total. The van der Waals surface area contributed by atoms with Crippen LogP contribution in [-0.2, 0) is 6.42 Å². The molecule has 1 aliphatic carbocycles. The topological polar surface area (TPSA) is 23.5 Å². The van der Waals surface area contributed by atoms with Gasteiger partial charge in [0.15, 0.2) is 0 Å². The van der Waals surface area contributed by atoms with Crippen molar-refractivity contribution in [3.05, 3.63) is 29.3 Å². The lowest BCUT2D eigenvalue weighted by Gasteiger charge is -2.49. The summed E-state index contributed by atoms with van der Waals surface area (Å²) in [5.74, 6) is 1.85. The number of phenolic OH excluding ortho intramolecular Hbond substituents is 1. The molecule has 0 radical (unpaired) electrons. The van der Waals surface area contributed by atoms with Gasteiger partial charge in [-0.2, -0.15) is 0 Å². The largest absolute Gasteiger partial charge is 0.508 e. The van der Waals surface area contributed by atoms with E-state index >= 15 is 0 Å². The van der Waals surface area contributed by atoms with Crippen molar-refractivity contribution in [2.75, 3.05) is 13.1 Å². The molecule has 1 fully saturated rings. The summed E-state index contributed by atoms with van der Waals surface area (Å²) in [6.07, 6.45) is 3.48. The summed E-state index contributed by atoms with van der Waals surface area (Å²) < 4.78 is 0. The van der Waals surface area contributed by atoms with E-state index in [0.717, 1.165) is 12.3 Å². The first-order chi connectivity index (χ1) is 9.85. The molecule has 1 saturated heterocycles. The Labute approximate surface area is 129 Å². The zero-order valence-corrected chi connectivity index (χ0v) is 13.9. The third-order valence-electron chi connectivity index (χ3n) is 5.09. The smallest absolute Gasteiger partial charge is 0.119 e. The summed E-state index contributed by atoms with van der Waals surface area (Å²) >= 11 is 0. The number of fused-ring (bicyclic) bond motifs is 3. The van der Waals surface area contributed by atoms with Crippen molar-refractivity contribution >= 4 is 0 Å². The van der Waals surface area contributed by atoms with Crippen LogP contribution in [0.3, 0.4) is 0 Å². The standard InChI is InChI=1S/C19H29NO/c1-13-10-16-14-6-5-7-18(21)15(14)8-9-17(16)20(11-13)12-19(2,3)4/h5-7,13,16-17,21H,8-12H2,1-4H3. The molecule has 1 N–H and O–H groups in total. The first-order valence-electron chi connectivity index (χ1n) is 8.40. The molecule has 116 valence electrons. The maximum atomic E-state index is 10.2. The summed E-state index contributed by atoms with van der Waals surface area (Å²) in [6.45, 7) is 11.8. The molecule has 2 aliphatic rings. The van der Waals surface area contributed by atoms with E-state index in [1.54, 1.807) is 0 Å². The molecule has 3 unspecified atom stereocenters. The van der Waals surface area contributed by atoms with Gasteiger partial charge in [-0.25, -0.2) is 0 Å². The van der Waals surface area contributed by atoms with Crippen molar-refractivity contribution < 1.29 is 5.11 Å². The summed E-state index contributed by atoms with van der Waals surface area (Å²) in [7, 11) is 0. The van der Waals surface area contributed by atoms with Gasteiger partial charge in [0.25, 0.3) is 0 Å². The molecule has 0 amide bonds. The van der Waals surface area contributed by atoms with Crippen LogP contribution in [0.1, 0.15) is 57.6 Å². The van der Waals surface area contributed by atoms with Gasteiger partial charge in [0.05, 0.1) is 0 Å². The second kappa shape index (κ2) is 5.31. The Hall–Kier alpha value is -1.02.